The number of rotatable bonds is 8. The highest BCUT2D eigenvalue weighted by Gasteiger charge is 2.26. The monoisotopic (exact) mass is 350 g/mol. The van der Waals surface area contributed by atoms with Crippen molar-refractivity contribution in [2.45, 2.75) is 31.8 Å². The lowest BCUT2D eigenvalue weighted by Crippen LogP contribution is -2.45. The number of likely N-dealkylation sites (N-methyl/N-ethyl adjacent to an activating group) is 1. The predicted molar refractivity (Wildman–Crippen MR) is 91.5 cm³/mol. The lowest BCUT2D eigenvalue weighted by molar-refractivity contribution is -0.384. The molecule has 9 heteroatoms. The van der Waals surface area contributed by atoms with E-state index in [4.69, 9.17) is 4.74 Å². The number of carbonyl (C=O) groups excluding carboxylic acids is 2. The van der Waals surface area contributed by atoms with Gasteiger partial charge in [0.1, 0.15) is 5.75 Å². The molecular formula is C16H22N4O5. The van der Waals surface area contributed by atoms with E-state index in [1.165, 1.54) is 25.3 Å². The van der Waals surface area contributed by atoms with Crippen molar-refractivity contribution >= 4 is 23.2 Å². The number of carbonyl (C=O) groups is 2. The Morgan fingerprint density at radius 3 is 2.68 bits per heavy atom. The lowest BCUT2D eigenvalue weighted by Gasteiger charge is -2.23. The molecule has 25 heavy (non-hydrogen) atoms. The molecule has 2 rings (SSSR count). The van der Waals surface area contributed by atoms with E-state index in [1.54, 1.807) is 18.9 Å². The quantitative estimate of drug-likeness (QED) is 0.537. The van der Waals surface area contributed by atoms with Gasteiger partial charge in [0.25, 0.3) is 5.69 Å². The predicted octanol–water partition coefficient (Wildman–Crippen LogP) is 1.14. The van der Waals surface area contributed by atoms with Crippen LogP contribution in [0.25, 0.3) is 0 Å². The van der Waals surface area contributed by atoms with Gasteiger partial charge in [-0.3, -0.25) is 24.6 Å². The van der Waals surface area contributed by atoms with Gasteiger partial charge in [-0.1, -0.05) is 0 Å². The zero-order valence-corrected chi connectivity index (χ0v) is 14.4. The molecule has 2 N–H and O–H groups in total. The van der Waals surface area contributed by atoms with Gasteiger partial charge in [0, 0.05) is 12.1 Å². The van der Waals surface area contributed by atoms with Crippen LogP contribution in [0.1, 0.15) is 19.8 Å². The molecule has 0 unspecified atom stereocenters. The van der Waals surface area contributed by atoms with E-state index in [2.05, 4.69) is 10.6 Å². The standard InChI is InChI=1S/C16H22N4O5/c1-10(19(2)9-15(21)17-11-4-5-11)16(22)18-13-7-6-12(20(23)24)8-14(13)25-3/h6-8,10-11H,4-5,9H2,1-3H3,(H,17,21)(H,18,22)/t10-/m1/s1. The summed E-state index contributed by atoms with van der Waals surface area (Å²) in [5.41, 5.74) is 0.206. The highest BCUT2D eigenvalue weighted by Crippen LogP contribution is 2.29. The van der Waals surface area contributed by atoms with Crippen molar-refractivity contribution in [1.29, 1.82) is 0 Å². The molecule has 136 valence electrons. The number of nitro benzene ring substituents is 1. The number of hydrogen-bond acceptors (Lipinski definition) is 6. The molecule has 2 amide bonds. The van der Waals surface area contributed by atoms with E-state index in [1.807, 2.05) is 0 Å². The first-order valence-electron chi connectivity index (χ1n) is 7.94. The lowest BCUT2D eigenvalue weighted by atomic mass is 10.2. The molecule has 1 atom stereocenters. The maximum Gasteiger partial charge on any atom is 0.273 e. The molecule has 1 saturated carbocycles. The van der Waals surface area contributed by atoms with Crippen molar-refractivity contribution in [2.24, 2.45) is 0 Å². The van der Waals surface area contributed by atoms with Crippen LogP contribution in [-0.4, -0.2) is 54.4 Å². The minimum atomic E-state index is -0.565. The van der Waals surface area contributed by atoms with Crippen LogP contribution >= 0.6 is 0 Å². The Labute approximate surface area is 145 Å². The topological polar surface area (TPSA) is 114 Å². The van der Waals surface area contributed by atoms with Gasteiger partial charge in [-0.05, 0) is 32.9 Å². The number of nitrogens with zero attached hydrogens (tertiary/aromatic N) is 2. The number of benzene rings is 1. The van der Waals surface area contributed by atoms with Crippen LogP contribution < -0.4 is 15.4 Å². The first-order chi connectivity index (χ1) is 11.8. The van der Waals surface area contributed by atoms with E-state index in [0.717, 1.165) is 12.8 Å². The second kappa shape index (κ2) is 7.93. The smallest absolute Gasteiger partial charge is 0.273 e. The fourth-order valence-electron chi connectivity index (χ4n) is 2.20. The molecule has 1 aliphatic rings. The number of hydrogen-bond donors (Lipinski definition) is 2. The van der Waals surface area contributed by atoms with E-state index in [0.29, 0.717) is 5.69 Å². The van der Waals surface area contributed by atoms with Gasteiger partial charge in [-0.15, -0.1) is 0 Å². The second-order valence-electron chi connectivity index (χ2n) is 6.06. The molecule has 0 spiro atoms. The van der Waals surface area contributed by atoms with Gasteiger partial charge < -0.3 is 15.4 Å². The van der Waals surface area contributed by atoms with E-state index >= 15 is 0 Å². The number of methoxy groups -OCH3 is 1. The third kappa shape index (κ3) is 5.15. The number of anilines is 1. The molecule has 1 fully saturated rings. The third-order valence-corrected chi connectivity index (χ3v) is 4.03. The van der Waals surface area contributed by atoms with Gasteiger partial charge >= 0.3 is 0 Å². The number of non-ortho nitro benzene ring substituents is 1. The van der Waals surface area contributed by atoms with Crippen LogP contribution in [0.3, 0.4) is 0 Å². The molecular weight excluding hydrogens is 328 g/mol. The van der Waals surface area contributed by atoms with Crippen LogP contribution in [-0.2, 0) is 9.59 Å². The van der Waals surface area contributed by atoms with Gasteiger partial charge in [0.15, 0.2) is 0 Å². The minimum Gasteiger partial charge on any atom is -0.494 e. The summed E-state index contributed by atoms with van der Waals surface area (Å²) in [4.78, 5) is 36.1. The number of nitro groups is 1. The van der Waals surface area contributed by atoms with Crippen molar-refractivity contribution in [2.75, 3.05) is 26.0 Å². The second-order valence-corrected chi connectivity index (χ2v) is 6.06. The Morgan fingerprint density at radius 2 is 2.12 bits per heavy atom. The molecule has 1 aromatic rings. The van der Waals surface area contributed by atoms with Crippen LogP contribution in [0.5, 0.6) is 5.75 Å². The van der Waals surface area contributed by atoms with Crippen LogP contribution in [0.15, 0.2) is 18.2 Å². The highest BCUT2D eigenvalue weighted by molar-refractivity contribution is 5.96. The maximum absolute atomic E-state index is 12.4. The molecule has 9 nitrogen and oxygen atoms in total. The Morgan fingerprint density at radius 1 is 1.44 bits per heavy atom. The summed E-state index contributed by atoms with van der Waals surface area (Å²) < 4.78 is 5.10. The van der Waals surface area contributed by atoms with E-state index in [9.17, 15) is 19.7 Å². The van der Waals surface area contributed by atoms with Gasteiger partial charge in [-0.25, -0.2) is 0 Å². The Hall–Kier alpha value is -2.68. The average molecular weight is 350 g/mol. The summed E-state index contributed by atoms with van der Waals surface area (Å²) in [5.74, 6) is -0.254. The largest absolute Gasteiger partial charge is 0.494 e. The summed E-state index contributed by atoms with van der Waals surface area (Å²) in [6.45, 7) is 1.79. The highest BCUT2D eigenvalue weighted by atomic mass is 16.6. The molecule has 0 aliphatic heterocycles. The van der Waals surface area contributed by atoms with Gasteiger partial charge in [-0.2, -0.15) is 0 Å². The first-order valence-corrected chi connectivity index (χ1v) is 7.94. The molecule has 1 aliphatic carbocycles. The molecule has 0 heterocycles. The third-order valence-electron chi connectivity index (χ3n) is 4.03. The zero-order chi connectivity index (χ0) is 18.6. The van der Waals surface area contributed by atoms with Crippen molar-refractivity contribution in [3.05, 3.63) is 28.3 Å². The molecule has 0 bridgehead atoms. The Bertz CT molecular complexity index is 674. The Kier molecular flexibility index (Phi) is 5.92. The van der Waals surface area contributed by atoms with Crippen molar-refractivity contribution < 1.29 is 19.2 Å². The summed E-state index contributed by atoms with van der Waals surface area (Å²) in [6, 6.07) is 3.66. The molecule has 0 aromatic heterocycles. The zero-order valence-electron chi connectivity index (χ0n) is 14.4. The summed E-state index contributed by atoms with van der Waals surface area (Å²) in [5, 5.41) is 16.3. The normalized spacial score (nSPS) is 14.7. The number of amides is 2. The fraction of sp³-hybridized carbons (Fsp3) is 0.500. The van der Waals surface area contributed by atoms with E-state index < -0.39 is 11.0 Å². The van der Waals surface area contributed by atoms with Gasteiger partial charge in [0.05, 0.1) is 36.4 Å². The van der Waals surface area contributed by atoms with E-state index in [-0.39, 0.29) is 35.8 Å². The van der Waals surface area contributed by atoms with Crippen molar-refractivity contribution in [1.82, 2.24) is 10.2 Å². The Balaban J connectivity index is 1.97. The summed E-state index contributed by atoms with van der Waals surface area (Å²) in [6.07, 6.45) is 2.01. The van der Waals surface area contributed by atoms with Gasteiger partial charge in [0.2, 0.25) is 11.8 Å². The number of ether oxygens (including phenoxy) is 1. The van der Waals surface area contributed by atoms with Crippen molar-refractivity contribution in [3.8, 4) is 5.75 Å². The van der Waals surface area contributed by atoms with Crippen LogP contribution in [0.2, 0.25) is 0 Å². The summed E-state index contributed by atoms with van der Waals surface area (Å²) >= 11 is 0. The maximum atomic E-state index is 12.4. The fourth-order valence-corrected chi connectivity index (χ4v) is 2.20. The van der Waals surface area contributed by atoms with Crippen LogP contribution in [0.4, 0.5) is 11.4 Å². The summed E-state index contributed by atoms with van der Waals surface area (Å²) in [7, 11) is 3.05. The molecule has 1 aromatic carbocycles. The molecule has 0 saturated heterocycles. The molecule has 0 radical (unpaired) electrons. The number of nitrogens with one attached hydrogen (secondary N) is 2. The van der Waals surface area contributed by atoms with Crippen LogP contribution in [0, 0.1) is 10.1 Å². The average Bonchev–Trinajstić information content (AvgIpc) is 3.37. The SMILES string of the molecule is COc1cc([N+](=O)[O-])ccc1NC(=O)[C@@H](C)N(C)CC(=O)NC1CC1. The minimum absolute atomic E-state index is 0.113. The van der Waals surface area contributed by atoms with Crippen molar-refractivity contribution in [3.63, 3.8) is 0 Å². The first kappa shape index (κ1) is 18.7.